The predicted molar refractivity (Wildman–Crippen MR) is 171 cm³/mol. The van der Waals surface area contributed by atoms with Gasteiger partial charge in [-0.05, 0) is 62.7 Å². The van der Waals surface area contributed by atoms with Crippen molar-refractivity contribution in [3.63, 3.8) is 0 Å². The summed E-state index contributed by atoms with van der Waals surface area (Å²) in [5.41, 5.74) is 10.1. The molecule has 5 aromatic rings. The van der Waals surface area contributed by atoms with Crippen molar-refractivity contribution < 1.29 is 18.7 Å². The molecule has 0 aliphatic carbocycles. The Labute approximate surface area is 264 Å². The van der Waals surface area contributed by atoms with Crippen LogP contribution in [-0.2, 0) is 7.05 Å². The number of amides is 1. The van der Waals surface area contributed by atoms with Crippen LogP contribution >= 0.6 is 24.2 Å². The number of aryl methyl sites for hydroxylation is 1. The van der Waals surface area contributed by atoms with Gasteiger partial charge >= 0.3 is 0 Å². The summed E-state index contributed by atoms with van der Waals surface area (Å²) in [5.74, 6) is -0.579. The predicted octanol–water partition coefficient (Wildman–Crippen LogP) is 6.22. The molecule has 9 nitrogen and oxygen atoms in total. The number of likely N-dealkylation sites (tertiary alicyclic amines) is 1. The van der Waals surface area contributed by atoms with Gasteiger partial charge in [-0.15, -0.1) is 12.6 Å². The summed E-state index contributed by atoms with van der Waals surface area (Å²) in [6, 6.07) is 12.1. The second kappa shape index (κ2) is 12.1. The van der Waals surface area contributed by atoms with Gasteiger partial charge in [0, 0.05) is 38.0 Å². The molecule has 1 aliphatic rings. The lowest BCUT2D eigenvalue weighted by Crippen LogP contribution is -2.35. The molecule has 2 aromatic heterocycles. The van der Waals surface area contributed by atoms with Crippen molar-refractivity contribution in [3.05, 3.63) is 83.2 Å². The summed E-state index contributed by atoms with van der Waals surface area (Å²) in [5, 5.41) is 4.39. The Morgan fingerprint density at radius 3 is 2.59 bits per heavy atom. The van der Waals surface area contributed by atoms with E-state index in [9.17, 15) is 4.79 Å². The minimum Gasteiger partial charge on any atom is -0.489 e. The summed E-state index contributed by atoms with van der Waals surface area (Å²) >= 11 is 11.3. The van der Waals surface area contributed by atoms with Crippen LogP contribution in [0, 0.1) is 5.82 Å². The molecule has 0 saturated carbocycles. The first-order valence-corrected chi connectivity index (χ1v) is 15.0. The van der Waals surface area contributed by atoms with E-state index in [2.05, 4.69) is 34.7 Å². The molecular formula is C32H32ClFN6O3S. The molecule has 6 rings (SSSR count). The van der Waals surface area contributed by atoms with Crippen LogP contribution in [0.25, 0.3) is 27.8 Å². The molecule has 3 aromatic carbocycles. The lowest BCUT2D eigenvalue weighted by Gasteiger charge is -2.30. The van der Waals surface area contributed by atoms with Gasteiger partial charge in [-0.1, -0.05) is 17.7 Å². The van der Waals surface area contributed by atoms with E-state index >= 15 is 4.39 Å². The number of hydrogen-bond donors (Lipinski definition) is 2. The number of carbonyl (C=O) groups is 1. The topological polar surface area (TPSA) is 100 Å². The van der Waals surface area contributed by atoms with E-state index in [0.29, 0.717) is 11.4 Å². The third-order valence-electron chi connectivity index (χ3n) is 7.95. The number of nitrogens with two attached hydrogens (primary N) is 1. The van der Waals surface area contributed by atoms with E-state index in [1.807, 2.05) is 36.0 Å². The van der Waals surface area contributed by atoms with E-state index in [1.54, 1.807) is 42.3 Å². The van der Waals surface area contributed by atoms with E-state index in [-0.39, 0.29) is 32.9 Å². The molecule has 0 unspecified atom stereocenters. The molecule has 1 saturated heterocycles. The van der Waals surface area contributed by atoms with Gasteiger partial charge in [-0.25, -0.2) is 9.37 Å². The van der Waals surface area contributed by atoms with Crippen molar-refractivity contribution in [2.24, 2.45) is 12.8 Å². The number of fused-ring (bicyclic) bond motifs is 1. The zero-order chi connectivity index (χ0) is 31.1. The van der Waals surface area contributed by atoms with E-state index in [4.69, 9.17) is 26.8 Å². The number of carbonyl (C=O) groups excluding carboxylic acids is 1. The first kappa shape index (κ1) is 30.0. The van der Waals surface area contributed by atoms with Crippen molar-refractivity contribution >= 4 is 41.2 Å². The standard InChI is InChI=1S/C32H32ClFN6O3S/c1-18(29-24(34)5-7-27(30(29)33)43-22-8-10-38(2)11-9-22)42-28-14-21(13-23(31(28)44)32(35)41)40-17-36-25-12-19(4-6-26(25)40)20-15-37-39(3)16-20/h4-7,12-18,22,44H,8-11H2,1-3H3,(H2,35,41)/t18-/m1/s1. The number of ether oxygens (including phenoxy) is 2. The molecule has 0 bridgehead atoms. The number of rotatable bonds is 8. The third-order valence-corrected chi connectivity index (χ3v) is 8.80. The fourth-order valence-electron chi connectivity index (χ4n) is 5.52. The number of nitrogens with zero attached hydrogens (tertiary/aromatic N) is 5. The van der Waals surface area contributed by atoms with Crippen molar-refractivity contribution in [1.29, 1.82) is 0 Å². The molecule has 1 atom stereocenters. The van der Waals surface area contributed by atoms with Gasteiger partial charge in [0.2, 0.25) is 5.91 Å². The highest BCUT2D eigenvalue weighted by molar-refractivity contribution is 7.80. The van der Waals surface area contributed by atoms with Crippen molar-refractivity contribution in [2.75, 3.05) is 20.1 Å². The van der Waals surface area contributed by atoms with E-state index in [0.717, 1.165) is 48.1 Å². The van der Waals surface area contributed by atoms with Crippen molar-refractivity contribution in [3.8, 4) is 28.3 Å². The number of piperidine rings is 1. The van der Waals surface area contributed by atoms with Gasteiger partial charge in [0.1, 0.15) is 35.9 Å². The van der Waals surface area contributed by atoms with Gasteiger partial charge < -0.3 is 20.1 Å². The van der Waals surface area contributed by atoms with Crippen LogP contribution in [0.15, 0.2) is 66.1 Å². The SMILES string of the molecule is C[C@@H](Oc1cc(-n2cnc3cc(-c4cnn(C)c4)ccc32)cc(C(N)=O)c1S)c1c(F)ccc(OC2CCN(C)CC2)c1Cl. The minimum atomic E-state index is -0.855. The summed E-state index contributed by atoms with van der Waals surface area (Å²) in [4.78, 5) is 19.5. The van der Waals surface area contributed by atoms with Gasteiger partial charge in [0.25, 0.3) is 0 Å². The summed E-state index contributed by atoms with van der Waals surface area (Å²) < 4.78 is 31.2. The Kier molecular flexibility index (Phi) is 8.28. The maximum Gasteiger partial charge on any atom is 0.250 e. The van der Waals surface area contributed by atoms with Gasteiger partial charge in [-0.3, -0.25) is 14.0 Å². The van der Waals surface area contributed by atoms with Crippen molar-refractivity contribution in [2.45, 2.75) is 36.9 Å². The molecule has 1 fully saturated rings. The Morgan fingerprint density at radius 1 is 1.11 bits per heavy atom. The Hall–Kier alpha value is -4.06. The highest BCUT2D eigenvalue weighted by Gasteiger charge is 2.25. The van der Waals surface area contributed by atoms with Crippen molar-refractivity contribution in [1.82, 2.24) is 24.2 Å². The minimum absolute atomic E-state index is 0.0115. The van der Waals surface area contributed by atoms with Gasteiger partial charge in [0.15, 0.2) is 0 Å². The first-order valence-electron chi connectivity index (χ1n) is 14.2. The number of hydrogen-bond acceptors (Lipinski definition) is 7. The average Bonchev–Trinajstić information content (AvgIpc) is 3.62. The average molecular weight is 635 g/mol. The van der Waals surface area contributed by atoms with Crippen LogP contribution in [0.4, 0.5) is 4.39 Å². The fraction of sp³-hybridized carbons (Fsp3) is 0.281. The lowest BCUT2D eigenvalue weighted by molar-refractivity contribution is 0.0996. The molecule has 228 valence electrons. The zero-order valence-electron chi connectivity index (χ0n) is 24.5. The monoisotopic (exact) mass is 634 g/mol. The number of imidazole rings is 1. The zero-order valence-corrected chi connectivity index (χ0v) is 26.1. The molecular weight excluding hydrogens is 603 g/mol. The second-order valence-corrected chi connectivity index (χ2v) is 11.9. The molecule has 44 heavy (non-hydrogen) atoms. The van der Waals surface area contributed by atoms with Crippen LogP contribution in [0.3, 0.4) is 0 Å². The third kappa shape index (κ3) is 5.87. The smallest absolute Gasteiger partial charge is 0.250 e. The van der Waals surface area contributed by atoms with E-state index < -0.39 is 17.8 Å². The maximum absolute atomic E-state index is 15.2. The Bertz CT molecular complexity index is 1870. The highest BCUT2D eigenvalue weighted by Crippen LogP contribution is 2.40. The lowest BCUT2D eigenvalue weighted by atomic mass is 10.1. The second-order valence-electron chi connectivity index (χ2n) is 11.1. The molecule has 2 N–H and O–H groups in total. The van der Waals surface area contributed by atoms with Crippen LogP contribution in [0.2, 0.25) is 5.02 Å². The fourth-order valence-corrected chi connectivity index (χ4v) is 6.17. The van der Waals surface area contributed by atoms with Crippen LogP contribution < -0.4 is 15.2 Å². The molecule has 3 heterocycles. The van der Waals surface area contributed by atoms with Crippen LogP contribution in [-0.4, -0.2) is 56.4 Å². The first-order chi connectivity index (χ1) is 21.1. The molecule has 1 aliphatic heterocycles. The largest absolute Gasteiger partial charge is 0.489 e. The molecule has 0 radical (unpaired) electrons. The number of aromatic nitrogens is 4. The number of halogens is 2. The number of primary amides is 1. The van der Waals surface area contributed by atoms with Gasteiger partial charge in [-0.2, -0.15) is 5.10 Å². The summed E-state index contributed by atoms with van der Waals surface area (Å²) in [6.45, 7) is 3.51. The molecule has 0 spiro atoms. The molecule has 12 heteroatoms. The molecule has 1 amide bonds. The van der Waals surface area contributed by atoms with E-state index in [1.165, 1.54) is 6.07 Å². The highest BCUT2D eigenvalue weighted by atomic mass is 35.5. The summed E-state index contributed by atoms with van der Waals surface area (Å²) in [6.07, 6.45) is 6.22. The maximum atomic E-state index is 15.2. The summed E-state index contributed by atoms with van der Waals surface area (Å²) in [7, 11) is 3.93. The van der Waals surface area contributed by atoms with Gasteiger partial charge in [0.05, 0.1) is 44.0 Å². The number of thiol groups is 1. The quantitative estimate of drug-likeness (QED) is 0.197. The Balaban J connectivity index is 1.33. The normalized spacial score (nSPS) is 15.0. The number of benzene rings is 3. The Morgan fingerprint density at radius 2 is 1.89 bits per heavy atom. The van der Waals surface area contributed by atoms with Crippen LogP contribution in [0.1, 0.15) is 41.8 Å². The van der Waals surface area contributed by atoms with Crippen LogP contribution in [0.5, 0.6) is 11.5 Å².